The average molecular weight is 289 g/mol. The van der Waals surface area contributed by atoms with Crippen LogP contribution in [0.5, 0.6) is 5.75 Å². The van der Waals surface area contributed by atoms with Gasteiger partial charge in [-0.05, 0) is 19.9 Å². The maximum Gasteiger partial charge on any atom is 0.186 e. The fourth-order valence-corrected chi connectivity index (χ4v) is 3.48. The van der Waals surface area contributed by atoms with Gasteiger partial charge in [0.05, 0.1) is 12.2 Å². The number of ether oxygens (including phenoxy) is 1. The molecule has 5 heteroatoms. The first-order valence-electron chi connectivity index (χ1n) is 6.83. The molecule has 1 unspecified atom stereocenters. The molecule has 2 N–H and O–H groups in total. The van der Waals surface area contributed by atoms with Gasteiger partial charge in [-0.15, -0.1) is 11.3 Å². The smallest absolute Gasteiger partial charge is 0.186 e. The molecule has 0 amide bonds. The van der Waals surface area contributed by atoms with Crippen molar-refractivity contribution in [2.24, 2.45) is 5.73 Å². The number of nitrogens with two attached hydrogens (primary N) is 1. The van der Waals surface area contributed by atoms with E-state index in [2.05, 4.69) is 16.0 Å². The van der Waals surface area contributed by atoms with Crippen LogP contribution in [0.2, 0.25) is 0 Å². The maximum atomic E-state index is 5.99. The average Bonchev–Trinajstić information content (AvgIpc) is 2.69. The number of para-hydroxylation sites is 1. The molecule has 0 aliphatic carbocycles. The van der Waals surface area contributed by atoms with Gasteiger partial charge >= 0.3 is 0 Å². The molecule has 20 heavy (non-hydrogen) atoms. The normalized spacial score (nSPS) is 16.2. The van der Waals surface area contributed by atoms with E-state index >= 15 is 0 Å². The third-order valence-corrected chi connectivity index (χ3v) is 4.88. The molecule has 1 aromatic heterocycles. The van der Waals surface area contributed by atoms with Gasteiger partial charge in [0, 0.05) is 23.0 Å². The van der Waals surface area contributed by atoms with E-state index in [1.807, 2.05) is 32.0 Å². The molecule has 106 valence electrons. The zero-order chi connectivity index (χ0) is 14.1. The standard InChI is InChI=1S/C15H19N3OS/c1-10(16)14-11(2)17-15(20-14)18-7-8-19-13-6-4-3-5-12(13)9-18/h3-6,10H,7-9,16H2,1-2H3. The van der Waals surface area contributed by atoms with E-state index in [1.165, 1.54) is 10.4 Å². The van der Waals surface area contributed by atoms with E-state index in [9.17, 15) is 0 Å². The highest BCUT2D eigenvalue weighted by molar-refractivity contribution is 7.15. The summed E-state index contributed by atoms with van der Waals surface area (Å²) in [5.74, 6) is 0.982. The van der Waals surface area contributed by atoms with Crippen LogP contribution in [-0.2, 0) is 6.54 Å². The Morgan fingerprint density at radius 1 is 1.40 bits per heavy atom. The van der Waals surface area contributed by atoms with Crippen molar-refractivity contribution in [1.82, 2.24) is 4.98 Å². The quantitative estimate of drug-likeness (QED) is 0.923. The Morgan fingerprint density at radius 2 is 2.20 bits per heavy atom. The van der Waals surface area contributed by atoms with Crippen molar-refractivity contribution < 1.29 is 4.74 Å². The van der Waals surface area contributed by atoms with Crippen LogP contribution < -0.4 is 15.4 Å². The number of anilines is 1. The molecule has 1 aromatic carbocycles. The van der Waals surface area contributed by atoms with Gasteiger partial charge in [-0.25, -0.2) is 4.98 Å². The second kappa shape index (κ2) is 5.42. The molecule has 2 heterocycles. The van der Waals surface area contributed by atoms with Crippen molar-refractivity contribution in [2.45, 2.75) is 26.4 Å². The predicted octanol–water partition coefficient (Wildman–Crippen LogP) is 2.87. The highest BCUT2D eigenvalue weighted by Crippen LogP contribution is 2.32. The zero-order valence-corrected chi connectivity index (χ0v) is 12.6. The summed E-state index contributed by atoms with van der Waals surface area (Å²) in [5, 5.41) is 1.04. The van der Waals surface area contributed by atoms with Crippen LogP contribution in [0.3, 0.4) is 0 Å². The Bertz CT molecular complexity index is 609. The van der Waals surface area contributed by atoms with Crippen LogP contribution in [0, 0.1) is 6.92 Å². The number of thiazole rings is 1. The van der Waals surface area contributed by atoms with E-state index in [4.69, 9.17) is 10.5 Å². The number of nitrogens with zero attached hydrogens (tertiary/aromatic N) is 2. The number of aryl methyl sites for hydroxylation is 1. The first-order chi connectivity index (χ1) is 9.65. The van der Waals surface area contributed by atoms with Crippen molar-refractivity contribution >= 4 is 16.5 Å². The lowest BCUT2D eigenvalue weighted by Crippen LogP contribution is -2.25. The highest BCUT2D eigenvalue weighted by atomic mass is 32.1. The fraction of sp³-hybridized carbons (Fsp3) is 0.400. The predicted molar refractivity (Wildman–Crippen MR) is 82.4 cm³/mol. The van der Waals surface area contributed by atoms with Crippen molar-refractivity contribution in [3.63, 3.8) is 0 Å². The molecule has 1 atom stereocenters. The van der Waals surface area contributed by atoms with Gasteiger partial charge in [0.2, 0.25) is 0 Å². The summed E-state index contributed by atoms with van der Waals surface area (Å²) in [6, 6.07) is 8.24. The van der Waals surface area contributed by atoms with Gasteiger partial charge in [0.15, 0.2) is 5.13 Å². The Morgan fingerprint density at radius 3 is 2.95 bits per heavy atom. The Hall–Kier alpha value is -1.59. The molecule has 0 saturated heterocycles. The molecular formula is C15H19N3OS. The monoisotopic (exact) mass is 289 g/mol. The van der Waals surface area contributed by atoms with Gasteiger partial charge in [-0.2, -0.15) is 0 Å². The van der Waals surface area contributed by atoms with E-state index in [-0.39, 0.29) is 6.04 Å². The molecule has 0 spiro atoms. The minimum absolute atomic E-state index is 0.0387. The van der Waals surface area contributed by atoms with Crippen LogP contribution in [0.1, 0.15) is 29.1 Å². The largest absolute Gasteiger partial charge is 0.491 e. The van der Waals surface area contributed by atoms with Crippen molar-refractivity contribution in [3.8, 4) is 5.75 Å². The van der Waals surface area contributed by atoms with Crippen LogP contribution in [0.4, 0.5) is 5.13 Å². The number of fused-ring (bicyclic) bond motifs is 1. The minimum Gasteiger partial charge on any atom is -0.491 e. The molecule has 1 aliphatic rings. The lowest BCUT2D eigenvalue weighted by Gasteiger charge is -2.18. The number of rotatable bonds is 2. The summed E-state index contributed by atoms with van der Waals surface area (Å²) >= 11 is 1.69. The van der Waals surface area contributed by atoms with Crippen LogP contribution in [0.15, 0.2) is 24.3 Å². The number of hydrogen-bond acceptors (Lipinski definition) is 5. The fourth-order valence-electron chi connectivity index (χ4n) is 2.44. The highest BCUT2D eigenvalue weighted by Gasteiger charge is 2.20. The first kappa shape index (κ1) is 13.4. The Labute approximate surface area is 123 Å². The Kier molecular flexibility index (Phi) is 3.63. The molecule has 0 bridgehead atoms. The van der Waals surface area contributed by atoms with Crippen molar-refractivity contribution in [2.75, 3.05) is 18.1 Å². The van der Waals surface area contributed by atoms with E-state index in [0.29, 0.717) is 6.61 Å². The van der Waals surface area contributed by atoms with E-state index in [1.54, 1.807) is 11.3 Å². The van der Waals surface area contributed by atoms with E-state index in [0.717, 1.165) is 29.7 Å². The second-order valence-corrected chi connectivity index (χ2v) is 6.12. The summed E-state index contributed by atoms with van der Waals surface area (Å²) in [5.41, 5.74) is 8.24. The summed E-state index contributed by atoms with van der Waals surface area (Å²) < 4.78 is 5.80. The van der Waals surface area contributed by atoms with E-state index < -0.39 is 0 Å². The van der Waals surface area contributed by atoms with Gasteiger partial charge in [-0.1, -0.05) is 18.2 Å². The SMILES string of the molecule is Cc1nc(N2CCOc3ccccc3C2)sc1C(C)N. The van der Waals surface area contributed by atoms with Gasteiger partial charge < -0.3 is 15.4 Å². The molecule has 3 rings (SSSR count). The van der Waals surface area contributed by atoms with Gasteiger partial charge in [0.25, 0.3) is 0 Å². The Balaban J connectivity index is 1.89. The van der Waals surface area contributed by atoms with Crippen molar-refractivity contribution in [1.29, 1.82) is 0 Å². The first-order valence-corrected chi connectivity index (χ1v) is 7.65. The van der Waals surface area contributed by atoms with Gasteiger partial charge in [0.1, 0.15) is 12.4 Å². The minimum atomic E-state index is 0.0387. The molecule has 1 aliphatic heterocycles. The molecule has 4 nitrogen and oxygen atoms in total. The summed E-state index contributed by atoms with van der Waals surface area (Å²) in [6.07, 6.45) is 0. The van der Waals surface area contributed by atoms with Gasteiger partial charge in [-0.3, -0.25) is 0 Å². The van der Waals surface area contributed by atoms with Crippen molar-refractivity contribution in [3.05, 3.63) is 40.4 Å². The third-order valence-electron chi connectivity index (χ3n) is 3.46. The second-order valence-electron chi connectivity index (χ2n) is 5.11. The molecular weight excluding hydrogens is 270 g/mol. The molecule has 0 saturated carbocycles. The number of hydrogen-bond donors (Lipinski definition) is 1. The van der Waals surface area contributed by atoms with Crippen LogP contribution >= 0.6 is 11.3 Å². The maximum absolute atomic E-state index is 5.99. The third kappa shape index (κ3) is 2.51. The molecule has 0 fully saturated rings. The lowest BCUT2D eigenvalue weighted by molar-refractivity contribution is 0.331. The molecule has 2 aromatic rings. The van der Waals surface area contributed by atoms with Crippen LogP contribution in [0.25, 0.3) is 0 Å². The number of benzene rings is 1. The number of aromatic nitrogens is 1. The summed E-state index contributed by atoms with van der Waals surface area (Å²) in [4.78, 5) is 8.12. The van der Waals surface area contributed by atoms with Crippen LogP contribution in [-0.4, -0.2) is 18.1 Å². The lowest BCUT2D eigenvalue weighted by atomic mass is 10.2. The topological polar surface area (TPSA) is 51.4 Å². The summed E-state index contributed by atoms with van der Waals surface area (Å²) in [6.45, 7) is 6.40. The molecule has 0 radical (unpaired) electrons. The summed E-state index contributed by atoms with van der Waals surface area (Å²) in [7, 11) is 0. The zero-order valence-electron chi connectivity index (χ0n) is 11.8.